The van der Waals surface area contributed by atoms with E-state index in [1.807, 2.05) is 36.4 Å². The molecule has 0 bridgehead atoms. The minimum Gasteiger partial charge on any atom is -0.492 e. The first-order chi connectivity index (χ1) is 13.6. The topological polar surface area (TPSA) is 33.7 Å². The zero-order chi connectivity index (χ0) is 19.8. The highest BCUT2D eigenvalue weighted by Crippen LogP contribution is 2.19. The van der Waals surface area contributed by atoms with Crippen molar-refractivity contribution in [1.29, 1.82) is 0 Å². The van der Waals surface area contributed by atoms with E-state index in [4.69, 9.17) is 9.47 Å². The predicted molar refractivity (Wildman–Crippen MR) is 115 cm³/mol. The number of hydrogen-bond acceptors (Lipinski definition) is 4. The second-order valence-electron chi connectivity index (χ2n) is 7.87. The van der Waals surface area contributed by atoms with Crippen molar-refractivity contribution in [3.63, 3.8) is 0 Å². The number of ether oxygens (including phenoxy) is 2. The largest absolute Gasteiger partial charge is 0.492 e. The van der Waals surface area contributed by atoms with Gasteiger partial charge < -0.3 is 19.7 Å². The van der Waals surface area contributed by atoms with Crippen LogP contribution in [-0.2, 0) is 0 Å². The molecular formula is C24H34N2O2. The molecular weight excluding hydrogens is 348 g/mol. The highest BCUT2D eigenvalue weighted by atomic mass is 16.5. The summed E-state index contributed by atoms with van der Waals surface area (Å²) in [4.78, 5) is 2.48. The molecule has 152 valence electrons. The zero-order valence-corrected chi connectivity index (χ0v) is 17.5. The molecule has 2 aromatic rings. The molecule has 0 aliphatic carbocycles. The molecule has 3 rings (SSSR count). The fraction of sp³-hybridized carbons (Fsp3) is 0.500. The number of aryl methyl sites for hydroxylation is 2. The molecule has 1 aliphatic rings. The maximum atomic E-state index is 6.11. The molecule has 0 amide bonds. The predicted octanol–water partition coefficient (Wildman–Crippen LogP) is 4.20. The summed E-state index contributed by atoms with van der Waals surface area (Å²) in [5.41, 5.74) is 2.32. The lowest BCUT2D eigenvalue weighted by Crippen LogP contribution is -2.41. The summed E-state index contributed by atoms with van der Waals surface area (Å²) in [6, 6.07) is 17.2. The second kappa shape index (κ2) is 10.5. The number of para-hydroxylation sites is 2. The van der Waals surface area contributed by atoms with E-state index in [0.29, 0.717) is 19.3 Å². The highest BCUT2D eigenvalue weighted by molar-refractivity contribution is 5.32. The lowest BCUT2D eigenvalue weighted by Gasteiger charge is -2.23. The maximum absolute atomic E-state index is 6.11. The van der Waals surface area contributed by atoms with Crippen LogP contribution in [0.3, 0.4) is 0 Å². The normalized spacial score (nSPS) is 17.2. The molecule has 1 N–H and O–H groups in total. The molecule has 1 saturated heterocycles. The van der Waals surface area contributed by atoms with Gasteiger partial charge in [0.1, 0.15) is 24.7 Å². The number of likely N-dealkylation sites (tertiary alicyclic amines) is 1. The van der Waals surface area contributed by atoms with Crippen molar-refractivity contribution < 1.29 is 9.47 Å². The van der Waals surface area contributed by atoms with Crippen LogP contribution in [0.15, 0.2) is 48.5 Å². The summed E-state index contributed by atoms with van der Waals surface area (Å²) < 4.78 is 12.2. The molecule has 28 heavy (non-hydrogen) atoms. The Morgan fingerprint density at radius 2 is 1.54 bits per heavy atom. The number of benzene rings is 2. The van der Waals surface area contributed by atoms with Gasteiger partial charge in [-0.05, 0) is 76.5 Å². The van der Waals surface area contributed by atoms with Crippen molar-refractivity contribution in [2.45, 2.75) is 45.2 Å². The quantitative estimate of drug-likeness (QED) is 0.668. The Morgan fingerprint density at radius 1 is 0.964 bits per heavy atom. The first kappa shape index (κ1) is 20.7. The van der Waals surface area contributed by atoms with Gasteiger partial charge in [0.25, 0.3) is 0 Å². The lowest BCUT2D eigenvalue weighted by molar-refractivity contribution is 0.191. The average molecular weight is 383 g/mol. The molecule has 0 aromatic heterocycles. The number of hydrogen-bond donors (Lipinski definition) is 1. The van der Waals surface area contributed by atoms with Crippen LogP contribution in [0.4, 0.5) is 0 Å². The average Bonchev–Trinajstić information content (AvgIpc) is 3.10. The van der Waals surface area contributed by atoms with Gasteiger partial charge >= 0.3 is 0 Å². The van der Waals surface area contributed by atoms with Gasteiger partial charge in [0.15, 0.2) is 0 Å². The molecule has 4 heteroatoms. The van der Waals surface area contributed by atoms with Crippen molar-refractivity contribution in [2.75, 3.05) is 33.4 Å². The molecule has 1 aliphatic heterocycles. The summed E-state index contributed by atoms with van der Waals surface area (Å²) in [7, 11) is 2.23. The van der Waals surface area contributed by atoms with Crippen LogP contribution in [0, 0.1) is 13.8 Å². The van der Waals surface area contributed by atoms with E-state index in [1.165, 1.54) is 25.8 Å². The van der Waals surface area contributed by atoms with Gasteiger partial charge in [0.2, 0.25) is 0 Å². The first-order valence-corrected chi connectivity index (χ1v) is 10.4. The smallest absolute Gasteiger partial charge is 0.122 e. The van der Waals surface area contributed by atoms with Crippen molar-refractivity contribution in [1.82, 2.24) is 10.2 Å². The van der Waals surface area contributed by atoms with Gasteiger partial charge in [0, 0.05) is 6.04 Å². The molecule has 0 saturated carbocycles. The van der Waals surface area contributed by atoms with Crippen LogP contribution in [0.1, 0.15) is 30.4 Å². The molecule has 1 fully saturated rings. The van der Waals surface area contributed by atoms with Crippen molar-refractivity contribution in [3.8, 4) is 11.5 Å². The zero-order valence-electron chi connectivity index (χ0n) is 17.5. The number of rotatable bonds is 10. The first-order valence-electron chi connectivity index (χ1n) is 10.4. The highest BCUT2D eigenvalue weighted by Gasteiger charge is 2.21. The van der Waals surface area contributed by atoms with E-state index in [0.717, 1.165) is 29.2 Å². The van der Waals surface area contributed by atoms with Crippen molar-refractivity contribution in [2.24, 2.45) is 0 Å². The second-order valence-corrected chi connectivity index (χ2v) is 7.87. The molecule has 0 spiro atoms. The van der Waals surface area contributed by atoms with E-state index in [-0.39, 0.29) is 6.04 Å². The number of nitrogens with zero attached hydrogens (tertiary/aromatic N) is 1. The fourth-order valence-electron chi connectivity index (χ4n) is 3.78. The third-order valence-corrected chi connectivity index (χ3v) is 5.65. The summed E-state index contributed by atoms with van der Waals surface area (Å²) in [6.45, 7) is 7.55. The molecule has 4 nitrogen and oxygen atoms in total. The Balaban J connectivity index is 1.54. The van der Waals surface area contributed by atoms with Crippen LogP contribution >= 0.6 is 0 Å². The van der Waals surface area contributed by atoms with Crippen LogP contribution in [-0.4, -0.2) is 50.3 Å². The van der Waals surface area contributed by atoms with Gasteiger partial charge in [-0.2, -0.15) is 0 Å². The van der Waals surface area contributed by atoms with Crippen molar-refractivity contribution in [3.05, 3.63) is 59.7 Å². The van der Waals surface area contributed by atoms with Crippen LogP contribution in [0.5, 0.6) is 11.5 Å². The van der Waals surface area contributed by atoms with Crippen LogP contribution < -0.4 is 14.8 Å². The lowest BCUT2D eigenvalue weighted by atomic mass is 10.1. The van der Waals surface area contributed by atoms with Crippen LogP contribution in [0.25, 0.3) is 0 Å². The molecule has 2 aromatic carbocycles. The summed E-state index contributed by atoms with van der Waals surface area (Å²) in [5.74, 6) is 1.89. The van der Waals surface area contributed by atoms with Crippen LogP contribution in [0.2, 0.25) is 0 Å². The van der Waals surface area contributed by atoms with Gasteiger partial charge in [0.05, 0.1) is 6.04 Å². The van der Waals surface area contributed by atoms with E-state index in [1.54, 1.807) is 0 Å². The SMILES string of the molecule is Cc1ccccc1OCC(COc1ccccc1C)NCCC1CCCN1C. The Kier molecular flexibility index (Phi) is 7.75. The summed E-state index contributed by atoms with van der Waals surface area (Å²) >= 11 is 0. The Morgan fingerprint density at radius 3 is 2.04 bits per heavy atom. The maximum Gasteiger partial charge on any atom is 0.122 e. The Labute approximate surface area is 169 Å². The Bertz CT molecular complexity index is 685. The third kappa shape index (κ3) is 5.98. The fourth-order valence-corrected chi connectivity index (χ4v) is 3.78. The molecule has 1 heterocycles. The molecule has 1 atom stereocenters. The van der Waals surface area contributed by atoms with E-state index < -0.39 is 0 Å². The van der Waals surface area contributed by atoms with E-state index in [9.17, 15) is 0 Å². The summed E-state index contributed by atoms with van der Waals surface area (Å²) in [5, 5.41) is 3.67. The minimum absolute atomic E-state index is 0.144. The molecule has 0 radical (unpaired) electrons. The Hall–Kier alpha value is -2.04. The van der Waals surface area contributed by atoms with E-state index in [2.05, 4.69) is 43.2 Å². The van der Waals surface area contributed by atoms with E-state index >= 15 is 0 Å². The standard InChI is InChI=1S/C24H34N2O2/c1-19-9-4-6-12-23(19)27-17-21(18-28-24-13-7-5-10-20(24)2)25-15-14-22-11-8-16-26(22)3/h4-7,9-10,12-13,21-22,25H,8,11,14-18H2,1-3H3. The van der Waals surface area contributed by atoms with Gasteiger partial charge in [-0.25, -0.2) is 0 Å². The van der Waals surface area contributed by atoms with Gasteiger partial charge in [-0.3, -0.25) is 0 Å². The van der Waals surface area contributed by atoms with Gasteiger partial charge in [-0.1, -0.05) is 36.4 Å². The summed E-state index contributed by atoms with van der Waals surface area (Å²) in [6.07, 6.45) is 3.79. The number of nitrogens with one attached hydrogen (secondary N) is 1. The van der Waals surface area contributed by atoms with Gasteiger partial charge in [-0.15, -0.1) is 0 Å². The minimum atomic E-state index is 0.144. The van der Waals surface area contributed by atoms with Crippen molar-refractivity contribution >= 4 is 0 Å². The molecule has 1 unspecified atom stereocenters. The third-order valence-electron chi connectivity index (χ3n) is 5.65. The monoisotopic (exact) mass is 382 g/mol.